The van der Waals surface area contributed by atoms with Crippen LogP contribution >= 0.6 is 0 Å². The molecular formula is C27H54BrNO2. The molecule has 1 aliphatic heterocycles. The summed E-state index contributed by atoms with van der Waals surface area (Å²) in [6.45, 7) is 8.10. The van der Waals surface area contributed by atoms with Gasteiger partial charge in [0.1, 0.15) is 6.10 Å². The zero-order valence-electron chi connectivity index (χ0n) is 21.3. The van der Waals surface area contributed by atoms with Crippen LogP contribution in [0.25, 0.3) is 0 Å². The molecule has 0 bridgehead atoms. The van der Waals surface area contributed by atoms with Crippen LogP contribution in [0.15, 0.2) is 0 Å². The summed E-state index contributed by atoms with van der Waals surface area (Å²) in [5.74, 6) is 0.0438. The first-order chi connectivity index (χ1) is 14.6. The Morgan fingerprint density at radius 2 is 1.23 bits per heavy atom. The van der Waals surface area contributed by atoms with Gasteiger partial charge < -0.3 is 26.2 Å². The number of unbranched alkanes of at least 4 members (excludes halogenated alkanes) is 14. The zero-order valence-corrected chi connectivity index (χ0v) is 22.9. The van der Waals surface area contributed by atoms with Crippen LogP contribution in [0.5, 0.6) is 0 Å². The summed E-state index contributed by atoms with van der Waals surface area (Å²) in [6.07, 6.45) is 24.4. The van der Waals surface area contributed by atoms with E-state index < -0.39 is 0 Å². The van der Waals surface area contributed by atoms with Gasteiger partial charge in [0.25, 0.3) is 0 Å². The minimum absolute atomic E-state index is 0. The van der Waals surface area contributed by atoms with E-state index in [9.17, 15) is 4.79 Å². The van der Waals surface area contributed by atoms with Crippen LogP contribution in [-0.2, 0) is 9.53 Å². The van der Waals surface area contributed by atoms with Crippen molar-refractivity contribution in [2.75, 3.05) is 26.7 Å². The van der Waals surface area contributed by atoms with Crippen molar-refractivity contribution >= 4 is 5.97 Å². The van der Waals surface area contributed by atoms with Gasteiger partial charge >= 0.3 is 5.97 Å². The third-order valence-electron chi connectivity index (χ3n) is 7.26. The van der Waals surface area contributed by atoms with E-state index in [1.165, 1.54) is 109 Å². The molecule has 0 aromatic carbocycles. The summed E-state index contributed by atoms with van der Waals surface area (Å²) in [5, 5.41) is 0. The fourth-order valence-electron chi connectivity index (χ4n) is 4.73. The Labute approximate surface area is 205 Å². The van der Waals surface area contributed by atoms with Crippen LogP contribution in [0, 0.1) is 0 Å². The predicted molar refractivity (Wildman–Crippen MR) is 130 cm³/mol. The lowest BCUT2D eigenvalue weighted by molar-refractivity contribution is -0.907. The maximum absolute atomic E-state index is 12.2. The largest absolute Gasteiger partial charge is 1.00 e. The molecule has 2 atom stereocenters. The van der Waals surface area contributed by atoms with Gasteiger partial charge in [-0.25, -0.2) is 0 Å². The quantitative estimate of drug-likeness (QED) is 0.152. The molecule has 0 spiro atoms. The Morgan fingerprint density at radius 1 is 0.742 bits per heavy atom. The number of rotatable bonds is 18. The maximum atomic E-state index is 12.2. The third-order valence-corrected chi connectivity index (χ3v) is 7.26. The summed E-state index contributed by atoms with van der Waals surface area (Å²) in [6, 6.07) is 0. The fourth-order valence-corrected chi connectivity index (χ4v) is 4.73. The van der Waals surface area contributed by atoms with Gasteiger partial charge in [-0.15, -0.1) is 0 Å². The number of ether oxygens (including phenoxy) is 1. The van der Waals surface area contributed by atoms with E-state index >= 15 is 0 Å². The van der Waals surface area contributed by atoms with E-state index in [-0.39, 0.29) is 29.1 Å². The number of nitrogens with zero attached hydrogens (tertiary/aromatic N) is 1. The van der Waals surface area contributed by atoms with Crippen molar-refractivity contribution in [3.8, 4) is 0 Å². The molecule has 0 aromatic rings. The van der Waals surface area contributed by atoms with Gasteiger partial charge in [0.2, 0.25) is 0 Å². The van der Waals surface area contributed by atoms with Crippen LogP contribution in [0.1, 0.15) is 136 Å². The Balaban J connectivity index is 0.00000900. The van der Waals surface area contributed by atoms with Gasteiger partial charge in [-0.1, -0.05) is 96.8 Å². The van der Waals surface area contributed by atoms with Gasteiger partial charge in [-0.2, -0.15) is 0 Å². The van der Waals surface area contributed by atoms with Crippen molar-refractivity contribution in [3.63, 3.8) is 0 Å². The standard InChI is InChI=1S/C27H54NO2.BrH/c1-4-6-7-8-9-10-11-12-13-14-15-16-17-18-19-22-27(29)30-26-21-20-24-28(3,5-2)25-23-26;/h26H,4-25H2,1-3H3;1H/q+1;/p-1. The molecule has 0 aliphatic carbocycles. The molecule has 3 nitrogen and oxygen atoms in total. The summed E-state index contributed by atoms with van der Waals surface area (Å²) in [5.41, 5.74) is 0. The van der Waals surface area contributed by atoms with E-state index in [2.05, 4.69) is 20.9 Å². The molecule has 186 valence electrons. The summed E-state index contributed by atoms with van der Waals surface area (Å²) in [4.78, 5) is 12.2. The molecule has 1 saturated heterocycles. The van der Waals surface area contributed by atoms with Gasteiger partial charge in [0.15, 0.2) is 0 Å². The highest BCUT2D eigenvalue weighted by Crippen LogP contribution is 2.20. The van der Waals surface area contributed by atoms with Crippen molar-refractivity contribution in [3.05, 3.63) is 0 Å². The molecule has 0 N–H and O–H groups in total. The maximum Gasteiger partial charge on any atom is 0.306 e. The number of carbonyl (C=O) groups is 1. The molecule has 0 aromatic heterocycles. The van der Waals surface area contributed by atoms with Gasteiger partial charge in [0.05, 0.1) is 26.7 Å². The Hall–Kier alpha value is -0.0900. The van der Waals surface area contributed by atoms with E-state index in [0.717, 1.165) is 30.3 Å². The lowest BCUT2D eigenvalue weighted by Crippen LogP contribution is -3.00. The SMILES string of the molecule is CCCCCCCCCCCCCCCCCC(=O)OC1CCC[N+](C)(CC)CC1.[Br-]. The molecule has 1 aliphatic rings. The van der Waals surface area contributed by atoms with Gasteiger partial charge in [-0.3, -0.25) is 4.79 Å². The number of halogens is 1. The summed E-state index contributed by atoms with van der Waals surface area (Å²) in [7, 11) is 2.33. The number of esters is 1. The zero-order chi connectivity index (χ0) is 21.9. The van der Waals surface area contributed by atoms with Crippen molar-refractivity contribution in [1.29, 1.82) is 0 Å². The molecule has 2 unspecified atom stereocenters. The van der Waals surface area contributed by atoms with E-state index in [0.29, 0.717) is 6.42 Å². The van der Waals surface area contributed by atoms with Crippen LogP contribution in [0.4, 0.5) is 0 Å². The van der Waals surface area contributed by atoms with Crippen molar-refractivity contribution in [2.24, 2.45) is 0 Å². The lowest BCUT2D eigenvalue weighted by Gasteiger charge is -2.31. The molecular weight excluding hydrogens is 450 g/mol. The van der Waals surface area contributed by atoms with E-state index in [1.807, 2.05) is 0 Å². The molecule has 1 heterocycles. The first kappa shape index (κ1) is 30.9. The van der Waals surface area contributed by atoms with Gasteiger partial charge in [0, 0.05) is 19.3 Å². The summed E-state index contributed by atoms with van der Waals surface area (Å²) >= 11 is 0. The minimum atomic E-state index is 0. The Bertz CT molecular complexity index is 418. The monoisotopic (exact) mass is 503 g/mol. The topological polar surface area (TPSA) is 26.3 Å². The molecule has 0 radical (unpaired) electrons. The molecule has 4 heteroatoms. The second-order valence-corrected chi connectivity index (χ2v) is 10.1. The highest BCUT2D eigenvalue weighted by Gasteiger charge is 2.27. The minimum Gasteiger partial charge on any atom is -1.00 e. The fraction of sp³-hybridized carbons (Fsp3) is 0.963. The second kappa shape index (κ2) is 20.5. The molecule has 1 fully saturated rings. The molecule has 0 saturated carbocycles. The molecule has 1 rings (SSSR count). The number of likely N-dealkylation sites (tertiary alicyclic amines) is 1. The number of hydrogen-bond donors (Lipinski definition) is 0. The second-order valence-electron chi connectivity index (χ2n) is 10.1. The highest BCUT2D eigenvalue weighted by atomic mass is 79.9. The van der Waals surface area contributed by atoms with Crippen molar-refractivity contribution < 1.29 is 31.0 Å². The highest BCUT2D eigenvalue weighted by molar-refractivity contribution is 5.69. The van der Waals surface area contributed by atoms with Crippen LogP contribution < -0.4 is 17.0 Å². The molecule has 31 heavy (non-hydrogen) atoms. The average molecular weight is 505 g/mol. The molecule has 0 amide bonds. The number of carbonyl (C=O) groups excluding carboxylic acids is 1. The average Bonchev–Trinajstić information content (AvgIpc) is 2.93. The predicted octanol–water partition coefficient (Wildman–Crippen LogP) is 4.81. The van der Waals surface area contributed by atoms with E-state index in [1.54, 1.807) is 0 Å². The number of quaternary nitrogens is 1. The normalized spacial score (nSPS) is 21.3. The lowest BCUT2D eigenvalue weighted by atomic mass is 10.0. The first-order valence-electron chi connectivity index (χ1n) is 13.6. The number of hydrogen-bond acceptors (Lipinski definition) is 2. The summed E-state index contributed by atoms with van der Waals surface area (Å²) < 4.78 is 6.91. The Morgan fingerprint density at radius 3 is 1.71 bits per heavy atom. The van der Waals surface area contributed by atoms with E-state index in [4.69, 9.17) is 4.74 Å². The Kier molecular flexibility index (Phi) is 20.5. The van der Waals surface area contributed by atoms with Gasteiger partial charge in [-0.05, 0) is 19.8 Å². The van der Waals surface area contributed by atoms with Crippen molar-refractivity contribution in [1.82, 2.24) is 0 Å². The smallest absolute Gasteiger partial charge is 0.306 e. The third kappa shape index (κ3) is 17.1. The van der Waals surface area contributed by atoms with Crippen LogP contribution in [0.2, 0.25) is 0 Å². The van der Waals surface area contributed by atoms with Crippen molar-refractivity contribution in [2.45, 2.75) is 142 Å². The van der Waals surface area contributed by atoms with Crippen LogP contribution in [0.3, 0.4) is 0 Å². The van der Waals surface area contributed by atoms with Crippen LogP contribution in [-0.4, -0.2) is 43.2 Å². The first-order valence-corrected chi connectivity index (χ1v) is 13.6.